The number of H-pyrrole nitrogens is 1. The molecule has 1 saturated carbocycles. The van der Waals surface area contributed by atoms with Crippen LogP contribution in [0.25, 0.3) is 11.0 Å². The molecule has 0 spiro atoms. The SMILES string of the molecule is c1cc2nc(C3CCCCC3)[nH]c2cc1C1CNC1. The summed E-state index contributed by atoms with van der Waals surface area (Å²) >= 11 is 0. The van der Waals surface area contributed by atoms with Crippen LogP contribution in [0, 0.1) is 0 Å². The number of fused-ring (bicyclic) bond motifs is 1. The number of imidazole rings is 1. The molecule has 0 radical (unpaired) electrons. The van der Waals surface area contributed by atoms with Crippen LogP contribution < -0.4 is 5.32 Å². The lowest BCUT2D eigenvalue weighted by Gasteiger charge is -2.27. The van der Waals surface area contributed by atoms with Crippen molar-refractivity contribution in [1.82, 2.24) is 15.3 Å². The van der Waals surface area contributed by atoms with Gasteiger partial charge in [-0.3, -0.25) is 0 Å². The maximum atomic E-state index is 4.81. The van der Waals surface area contributed by atoms with E-state index in [1.807, 2.05) is 0 Å². The minimum atomic E-state index is 0.662. The zero-order valence-electron chi connectivity index (χ0n) is 11.3. The van der Waals surface area contributed by atoms with Crippen molar-refractivity contribution in [3.63, 3.8) is 0 Å². The highest BCUT2D eigenvalue weighted by molar-refractivity contribution is 5.76. The summed E-state index contributed by atoms with van der Waals surface area (Å²) in [5, 5.41) is 3.34. The van der Waals surface area contributed by atoms with Crippen LogP contribution in [0.5, 0.6) is 0 Å². The van der Waals surface area contributed by atoms with Gasteiger partial charge in [0.2, 0.25) is 0 Å². The van der Waals surface area contributed by atoms with Crippen LogP contribution in [0.1, 0.15) is 55.3 Å². The third-order valence-electron chi connectivity index (χ3n) is 4.77. The lowest BCUT2D eigenvalue weighted by atomic mass is 9.89. The second-order valence-electron chi connectivity index (χ2n) is 6.09. The standard InChI is InChI=1S/C16H21N3/c1-2-4-11(5-3-1)16-18-14-7-6-12(8-15(14)19-16)13-9-17-10-13/h6-8,11,13,17H,1-5,9-10H2,(H,18,19). The highest BCUT2D eigenvalue weighted by Gasteiger charge is 2.21. The van der Waals surface area contributed by atoms with Crippen molar-refractivity contribution >= 4 is 11.0 Å². The van der Waals surface area contributed by atoms with Gasteiger partial charge < -0.3 is 10.3 Å². The van der Waals surface area contributed by atoms with Crippen LogP contribution in [0.2, 0.25) is 0 Å². The fraction of sp³-hybridized carbons (Fsp3) is 0.562. The van der Waals surface area contributed by atoms with Crippen molar-refractivity contribution in [1.29, 1.82) is 0 Å². The summed E-state index contributed by atoms with van der Waals surface area (Å²) in [6.45, 7) is 2.24. The van der Waals surface area contributed by atoms with Crippen molar-refractivity contribution < 1.29 is 0 Å². The first-order valence-electron chi connectivity index (χ1n) is 7.60. The summed E-state index contributed by atoms with van der Waals surface area (Å²) in [4.78, 5) is 8.39. The van der Waals surface area contributed by atoms with E-state index in [9.17, 15) is 0 Å². The van der Waals surface area contributed by atoms with E-state index < -0.39 is 0 Å². The Kier molecular flexibility index (Phi) is 2.80. The maximum Gasteiger partial charge on any atom is 0.110 e. The number of aromatic amines is 1. The summed E-state index contributed by atoms with van der Waals surface area (Å²) in [7, 11) is 0. The van der Waals surface area contributed by atoms with Gasteiger partial charge in [-0.05, 0) is 30.5 Å². The third kappa shape index (κ3) is 2.06. The highest BCUT2D eigenvalue weighted by atomic mass is 15.0. The van der Waals surface area contributed by atoms with E-state index >= 15 is 0 Å². The fourth-order valence-electron chi connectivity index (χ4n) is 3.39. The van der Waals surface area contributed by atoms with Crippen molar-refractivity contribution in [3.05, 3.63) is 29.6 Å². The Bertz CT molecular complexity index is 577. The lowest BCUT2D eigenvalue weighted by molar-refractivity contribution is 0.431. The predicted molar refractivity (Wildman–Crippen MR) is 77.5 cm³/mol. The Labute approximate surface area is 113 Å². The number of benzene rings is 1. The van der Waals surface area contributed by atoms with Gasteiger partial charge in [0, 0.05) is 24.9 Å². The molecule has 19 heavy (non-hydrogen) atoms. The predicted octanol–water partition coefficient (Wildman–Crippen LogP) is 3.30. The third-order valence-corrected chi connectivity index (χ3v) is 4.77. The smallest absolute Gasteiger partial charge is 0.110 e. The molecule has 2 N–H and O–H groups in total. The molecule has 0 bridgehead atoms. The van der Waals surface area contributed by atoms with Crippen molar-refractivity contribution in [2.75, 3.05) is 13.1 Å². The zero-order chi connectivity index (χ0) is 12.7. The first-order valence-corrected chi connectivity index (χ1v) is 7.60. The van der Waals surface area contributed by atoms with Crippen LogP contribution in [0.3, 0.4) is 0 Å². The van der Waals surface area contributed by atoms with Crippen LogP contribution in [-0.2, 0) is 0 Å². The second kappa shape index (κ2) is 4.64. The normalized spacial score (nSPS) is 21.7. The van der Waals surface area contributed by atoms with E-state index in [0.29, 0.717) is 11.8 Å². The van der Waals surface area contributed by atoms with Gasteiger partial charge in [-0.1, -0.05) is 25.3 Å². The van der Waals surface area contributed by atoms with Gasteiger partial charge in [0.05, 0.1) is 11.0 Å². The van der Waals surface area contributed by atoms with E-state index in [-0.39, 0.29) is 0 Å². The molecule has 1 aliphatic heterocycles. The van der Waals surface area contributed by atoms with Crippen molar-refractivity contribution in [2.45, 2.75) is 43.9 Å². The average molecular weight is 255 g/mol. The van der Waals surface area contributed by atoms with Gasteiger partial charge in [0.25, 0.3) is 0 Å². The first kappa shape index (κ1) is 11.5. The molecule has 4 rings (SSSR count). The summed E-state index contributed by atoms with van der Waals surface area (Å²) in [6, 6.07) is 6.74. The van der Waals surface area contributed by atoms with Crippen LogP contribution >= 0.6 is 0 Å². The quantitative estimate of drug-likeness (QED) is 0.864. The number of nitrogens with zero attached hydrogens (tertiary/aromatic N) is 1. The molecule has 2 fully saturated rings. The Morgan fingerprint density at radius 1 is 1.00 bits per heavy atom. The number of nitrogens with one attached hydrogen (secondary N) is 2. The molecule has 0 amide bonds. The molecular weight excluding hydrogens is 234 g/mol. The molecule has 0 atom stereocenters. The van der Waals surface area contributed by atoms with Crippen molar-refractivity contribution in [3.8, 4) is 0 Å². The van der Waals surface area contributed by atoms with Crippen LogP contribution in [0.15, 0.2) is 18.2 Å². The highest BCUT2D eigenvalue weighted by Crippen LogP contribution is 2.32. The lowest BCUT2D eigenvalue weighted by Crippen LogP contribution is -2.39. The molecule has 1 aliphatic carbocycles. The summed E-state index contributed by atoms with van der Waals surface area (Å²) in [6.07, 6.45) is 6.73. The van der Waals surface area contributed by atoms with Gasteiger partial charge >= 0.3 is 0 Å². The van der Waals surface area contributed by atoms with E-state index in [1.165, 1.54) is 49.0 Å². The Morgan fingerprint density at radius 3 is 2.58 bits per heavy atom. The van der Waals surface area contributed by atoms with Gasteiger partial charge in [-0.2, -0.15) is 0 Å². The molecule has 3 heteroatoms. The summed E-state index contributed by atoms with van der Waals surface area (Å²) in [5.74, 6) is 2.58. The van der Waals surface area contributed by atoms with Crippen LogP contribution in [0.4, 0.5) is 0 Å². The van der Waals surface area contributed by atoms with E-state index in [1.54, 1.807) is 0 Å². The number of rotatable bonds is 2. The first-order chi connectivity index (χ1) is 9.40. The van der Waals surface area contributed by atoms with Gasteiger partial charge in [0.15, 0.2) is 0 Å². The fourth-order valence-corrected chi connectivity index (χ4v) is 3.39. The number of aromatic nitrogens is 2. The Balaban J connectivity index is 1.66. The average Bonchev–Trinajstić information content (AvgIpc) is 2.81. The molecule has 2 heterocycles. The number of hydrogen-bond acceptors (Lipinski definition) is 2. The minimum Gasteiger partial charge on any atom is -0.342 e. The monoisotopic (exact) mass is 255 g/mol. The van der Waals surface area contributed by atoms with Gasteiger partial charge in [0.1, 0.15) is 5.82 Å². The summed E-state index contributed by atoms with van der Waals surface area (Å²) < 4.78 is 0. The molecule has 2 aliphatic rings. The van der Waals surface area contributed by atoms with E-state index in [2.05, 4.69) is 28.5 Å². The molecular formula is C16H21N3. The van der Waals surface area contributed by atoms with Gasteiger partial charge in [-0.15, -0.1) is 0 Å². The summed E-state index contributed by atoms with van der Waals surface area (Å²) in [5.41, 5.74) is 3.81. The van der Waals surface area contributed by atoms with Crippen molar-refractivity contribution in [2.24, 2.45) is 0 Å². The van der Waals surface area contributed by atoms with Gasteiger partial charge in [-0.25, -0.2) is 4.98 Å². The number of hydrogen-bond donors (Lipinski definition) is 2. The molecule has 1 aromatic carbocycles. The second-order valence-corrected chi connectivity index (χ2v) is 6.09. The molecule has 100 valence electrons. The van der Waals surface area contributed by atoms with E-state index in [4.69, 9.17) is 4.98 Å². The van der Waals surface area contributed by atoms with Crippen LogP contribution in [-0.4, -0.2) is 23.1 Å². The Hall–Kier alpha value is -1.35. The topological polar surface area (TPSA) is 40.7 Å². The molecule has 2 aromatic rings. The molecule has 0 unspecified atom stereocenters. The maximum absolute atomic E-state index is 4.81. The molecule has 1 aromatic heterocycles. The minimum absolute atomic E-state index is 0.662. The Morgan fingerprint density at radius 2 is 1.84 bits per heavy atom. The largest absolute Gasteiger partial charge is 0.342 e. The zero-order valence-corrected chi connectivity index (χ0v) is 11.3. The molecule has 1 saturated heterocycles. The molecule has 3 nitrogen and oxygen atoms in total. The van der Waals surface area contributed by atoms with E-state index in [0.717, 1.165) is 18.6 Å².